The number of nitrogens with one attached hydrogen (secondary N) is 3. The van der Waals surface area contributed by atoms with Crippen LogP contribution in [0.5, 0.6) is 0 Å². The lowest BCUT2D eigenvalue weighted by molar-refractivity contribution is -0.151. The van der Waals surface area contributed by atoms with E-state index in [1.807, 2.05) is 24.2 Å². The highest BCUT2D eigenvalue weighted by Gasteiger charge is 2.59. The molecule has 0 bridgehead atoms. The molecule has 1 saturated carbocycles. The lowest BCUT2D eigenvalue weighted by Gasteiger charge is -2.47. The number of piperazine rings is 1. The molecule has 1 aromatic heterocycles. The van der Waals surface area contributed by atoms with Crippen molar-refractivity contribution in [3.63, 3.8) is 0 Å². The molecule has 1 aromatic rings. The Morgan fingerprint density at radius 3 is 2.53 bits per heavy atom. The van der Waals surface area contributed by atoms with Gasteiger partial charge in [-0.2, -0.15) is 0 Å². The van der Waals surface area contributed by atoms with Gasteiger partial charge in [0, 0.05) is 57.5 Å². The molecule has 190 valence electrons. The van der Waals surface area contributed by atoms with Gasteiger partial charge in [0.05, 0.1) is 18.3 Å². The van der Waals surface area contributed by atoms with Crippen LogP contribution in [0.3, 0.4) is 0 Å². The summed E-state index contributed by atoms with van der Waals surface area (Å²) in [6, 6.07) is 4.02. The van der Waals surface area contributed by atoms with Crippen molar-refractivity contribution in [2.75, 3.05) is 43.4 Å². The summed E-state index contributed by atoms with van der Waals surface area (Å²) in [5.74, 6) is 0.320. The van der Waals surface area contributed by atoms with Crippen LogP contribution in [-0.2, 0) is 14.4 Å². The van der Waals surface area contributed by atoms with Gasteiger partial charge < -0.3 is 20.4 Å². The van der Waals surface area contributed by atoms with E-state index in [2.05, 4.69) is 31.9 Å². The second-order valence-corrected chi connectivity index (χ2v) is 10.3. The Labute approximate surface area is 210 Å². The SMILES string of the molecule is CN1C2=C(C=NC1Nc1ccc(N3CCNCC3)cn1)CC1(CC(=O)NC1=O)C(=O)N2C1CCCC1. The van der Waals surface area contributed by atoms with Crippen molar-refractivity contribution in [1.82, 2.24) is 25.4 Å². The van der Waals surface area contributed by atoms with Crippen molar-refractivity contribution in [2.24, 2.45) is 10.4 Å². The Kier molecular flexibility index (Phi) is 5.66. The van der Waals surface area contributed by atoms with Crippen molar-refractivity contribution in [3.05, 3.63) is 29.7 Å². The van der Waals surface area contributed by atoms with Gasteiger partial charge in [0.2, 0.25) is 17.7 Å². The lowest BCUT2D eigenvalue weighted by Crippen LogP contribution is -2.59. The van der Waals surface area contributed by atoms with E-state index < -0.39 is 17.6 Å². The predicted octanol–water partition coefficient (Wildman–Crippen LogP) is 0.622. The molecule has 4 aliphatic heterocycles. The summed E-state index contributed by atoms with van der Waals surface area (Å²) >= 11 is 0. The summed E-state index contributed by atoms with van der Waals surface area (Å²) in [7, 11) is 1.91. The van der Waals surface area contributed by atoms with Crippen molar-refractivity contribution in [3.8, 4) is 0 Å². The zero-order chi connectivity index (χ0) is 24.9. The minimum absolute atomic E-state index is 0.00854. The highest BCUT2D eigenvalue weighted by atomic mass is 16.2. The van der Waals surface area contributed by atoms with Gasteiger partial charge in [-0.1, -0.05) is 12.8 Å². The topological polar surface area (TPSA) is 122 Å². The molecule has 5 heterocycles. The van der Waals surface area contributed by atoms with Crippen LogP contribution in [0.2, 0.25) is 0 Å². The number of rotatable bonds is 4. The van der Waals surface area contributed by atoms with Gasteiger partial charge in [0.15, 0.2) is 6.29 Å². The van der Waals surface area contributed by atoms with Gasteiger partial charge in [-0.15, -0.1) is 0 Å². The highest BCUT2D eigenvalue weighted by Crippen LogP contribution is 2.46. The minimum atomic E-state index is -1.37. The number of hydrogen-bond acceptors (Lipinski definition) is 9. The molecule has 6 rings (SSSR count). The smallest absolute Gasteiger partial charge is 0.244 e. The Bertz CT molecular complexity index is 1140. The Balaban J connectivity index is 1.26. The van der Waals surface area contributed by atoms with Gasteiger partial charge in [0.1, 0.15) is 17.1 Å². The largest absolute Gasteiger partial charge is 0.368 e. The number of carbonyl (C=O) groups excluding carboxylic acids is 3. The van der Waals surface area contributed by atoms with Crippen LogP contribution in [0.1, 0.15) is 38.5 Å². The van der Waals surface area contributed by atoms with Crippen LogP contribution in [0.15, 0.2) is 34.7 Å². The van der Waals surface area contributed by atoms with Crippen molar-refractivity contribution < 1.29 is 14.4 Å². The van der Waals surface area contributed by atoms with E-state index in [9.17, 15) is 14.4 Å². The van der Waals surface area contributed by atoms with Gasteiger partial charge in [-0.25, -0.2) is 9.98 Å². The average molecular weight is 493 g/mol. The van der Waals surface area contributed by atoms with E-state index in [1.165, 1.54) is 0 Å². The quantitative estimate of drug-likeness (QED) is 0.413. The molecule has 3 fully saturated rings. The molecule has 2 atom stereocenters. The Morgan fingerprint density at radius 1 is 1.08 bits per heavy atom. The molecule has 11 nitrogen and oxygen atoms in total. The van der Waals surface area contributed by atoms with E-state index in [1.54, 1.807) is 11.1 Å². The first kappa shape index (κ1) is 23.0. The first-order chi connectivity index (χ1) is 17.5. The molecule has 1 aliphatic carbocycles. The second-order valence-electron chi connectivity index (χ2n) is 10.3. The molecule has 0 radical (unpaired) electrons. The van der Waals surface area contributed by atoms with Gasteiger partial charge in [0.25, 0.3) is 0 Å². The van der Waals surface area contributed by atoms with Crippen LogP contribution in [0, 0.1) is 5.41 Å². The summed E-state index contributed by atoms with van der Waals surface area (Å²) in [5.41, 5.74) is 0.536. The number of anilines is 2. The van der Waals surface area contributed by atoms with Crippen molar-refractivity contribution >= 4 is 35.4 Å². The van der Waals surface area contributed by atoms with E-state index in [0.29, 0.717) is 5.82 Å². The van der Waals surface area contributed by atoms with Gasteiger partial charge in [-0.05, 0) is 25.0 Å². The molecule has 1 spiro atoms. The lowest BCUT2D eigenvalue weighted by atomic mass is 9.75. The summed E-state index contributed by atoms with van der Waals surface area (Å²) < 4.78 is 0. The van der Waals surface area contributed by atoms with E-state index >= 15 is 0 Å². The van der Waals surface area contributed by atoms with Crippen molar-refractivity contribution in [2.45, 2.75) is 50.9 Å². The van der Waals surface area contributed by atoms with Crippen molar-refractivity contribution in [1.29, 1.82) is 0 Å². The van der Waals surface area contributed by atoms with Crippen LogP contribution in [0.25, 0.3) is 0 Å². The summed E-state index contributed by atoms with van der Waals surface area (Å²) in [5, 5.41) is 9.10. The molecule has 3 N–H and O–H groups in total. The maximum atomic E-state index is 13.9. The second kappa shape index (κ2) is 8.88. The van der Waals surface area contributed by atoms with Crippen LogP contribution in [-0.4, -0.2) is 84.3 Å². The van der Waals surface area contributed by atoms with Gasteiger partial charge >= 0.3 is 0 Å². The molecular weight excluding hydrogens is 460 g/mol. The molecule has 36 heavy (non-hydrogen) atoms. The normalized spacial score (nSPS) is 28.9. The van der Waals surface area contributed by atoms with Crippen LogP contribution in [0.4, 0.5) is 11.5 Å². The molecule has 11 heteroatoms. The summed E-state index contributed by atoms with van der Waals surface area (Å²) in [6.45, 7) is 3.84. The van der Waals surface area contributed by atoms with Crippen LogP contribution < -0.4 is 20.9 Å². The highest BCUT2D eigenvalue weighted by molar-refractivity contribution is 6.19. The minimum Gasteiger partial charge on any atom is -0.368 e. The van der Waals surface area contributed by atoms with E-state index in [-0.39, 0.29) is 30.7 Å². The fourth-order valence-corrected chi connectivity index (χ4v) is 6.15. The zero-order valence-electron chi connectivity index (χ0n) is 20.5. The monoisotopic (exact) mass is 492 g/mol. The van der Waals surface area contributed by atoms with E-state index in [4.69, 9.17) is 4.99 Å². The van der Waals surface area contributed by atoms with E-state index in [0.717, 1.165) is 68.9 Å². The third-order valence-corrected chi connectivity index (χ3v) is 8.06. The van der Waals surface area contributed by atoms with Crippen LogP contribution >= 0.6 is 0 Å². The zero-order valence-corrected chi connectivity index (χ0v) is 20.5. The fraction of sp³-hybridized carbons (Fsp3) is 0.560. The molecule has 3 amide bonds. The molecule has 2 unspecified atom stereocenters. The summed E-state index contributed by atoms with van der Waals surface area (Å²) in [4.78, 5) is 54.3. The molecule has 5 aliphatic rings. The third-order valence-electron chi connectivity index (χ3n) is 8.06. The summed E-state index contributed by atoms with van der Waals surface area (Å²) in [6.07, 6.45) is 7.10. The first-order valence-electron chi connectivity index (χ1n) is 12.8. The maximum Gasteiger partial charge on any atom is 0.244 e. The molecular formula is C25H32N8O3. The number of aromatic nitrogens is 1. The number of pyridine rings is 1. The number of carbonyl (C=O) groups is 3. The average Bonchev–Trinajstić information content (AvgIpc) is 3.51. The number of imide groups is 1. The maximum absolute atomic E-state index is 13.9. The predicted molar refractivity (Wildman–Crippen MR) is 134 cm³/mol. The van der Waals surface area contributed by atoms with Gasteiger partial charge in [-0.3, -0.25) is 24.6 Å². The number of amides is 3. The number of hydrogen-bond donors (Lipinski definition) is 3. The first-order valence-corrected chi connectivity index (χ1v) is 12.8. The Morgan fingerprint density at radius 2 is 1.86 bits per heavy atom. The fourth-order valence-electron chi connectivity index (χ4n) is 6.15. The third kappa shape index (κ3) is 3.73. The molecule has 0 aromatic carbocycles. The molecule has 2 saturated heterocycles. The number of allylic oxidation sites excluding steroid dienone is 1. The standard InChI is InChI=1S/C25H32N8O3/c1-31-21-16(12-25(13-20(34)30-22(25)35)23(36)33(21)17-4-2-3-5-17)14-28-24(31)29-19-7-6-18(15-27-19)32-10-8-26-9-11-32/h6-7,14-15,17,24,26H,2-5,8-13H2,1H3,(H,27,29)(H,30,34,35). The Hall–Kier alpha value is -3.47. The number of aliphatic imine (C=N–C) groups is 1. The number of nitrogens with zero attached hydrogens (tertiary/aromatic N) is 5.